The molecule has 0 bridgehead atoms. The van der Waals surface area contributed by atoms with E-state index in [4.69, 9.17) is 0 Å². The smallest absolute Gasteiger partial charge is 0.248 e. The van der Waals surface area contributed by atoms with Crippen molar-refractivity contribution in [1.82, 2.24) is 9.88 Å². The summed E-state index contributed by atoms with van der Waals surface area (Å²) < 4.78 is 32.1. The van der Waals surface area contributed by atoms with Crippen molar-refractivity contribution in [1.29, 1.82) is 0 Å². The first-order valence-electron chi connectivity index (χ1n) is 10.9. The summed E-state index contributed by atoms with van der Waals surface area (Å²) in [5.74, 6) is -1.68. The molecule has 0 fully saturated rings. The Morgan fingerprint density at radius 2 is 1.79 bits per heavy atom. The molecular formula is C25H32F2N4O3. The molecule has 0 saturated carbocycles. The molecule has 3 rings (SSSR count). The summed E-state index contributed by atoms with van der Waals surface area (Å²) in [6.45, 7) is 5.70. The third-order valence-electron chi connectivity index (χ3n) is 5.41. The van der Waals surface area contributed by atoms with E-state index in [9.17, 15) is 18.4 Å². The zero-order chi connectivity index (χ0) is 25.3. The maximum Gasteiger partial charge on any atom is 0.248 e. The molecule has 1 atom stereocenters. The Hall–Kier alpha value is -3.46. The van der Waals surface area contributed by atoms with E-state index in [1.165, 1.54) is 25.3 Å². The largest absolute Gasteiger partial charge is 0.491 e. The number of pyridine rings is 1. The summed E-state index contributed by atoms with van der Waals surface area (Å²) >= 11 is 0. The minimum absolute atomic E-state index is 0.115. The van der Waals surface area contributed by atoms with Gasteiger partial charge in [-0.15, -0.1) is 0 Å². The predicted octanol–water partition coefficient (Wildman–Crippen LogP) is 3.89. The van der Waals surface area contributed by atoms with Crippen LogP contribution in [0.5, 0.6) is 5.75 Å². The van der Waals surface area contributed by atoms with Crippen molar-refractivity contribution in [3.8, 4) is 5.75 Å². The quantitative estimate of drug-likeness (QED) is 0.458. The third kappa shape index (κ3) is 7.28. The first kappa shape index (κ1) is 26.8. The topological polar surface area (TPSA) is 77.7 Å². The van der Waals surface area contributed by atoms with Gasteiger partial charge in [0, 0.05) is 59.6 Å². The second-order valence-electron chi connectivity index (χ2n) is 7.97. The fraction of sp³-hybridized carbons (Fsp3) is 0.360. The van der Waals surface area contributed by atoms with Crippen molar-refractivity contribution in [2.75, 3.05) is 51.1 Å². The molecule has 2 aromatic carbocycles. The molecule has 3 aromatic rings. The summed E-state index contributed by atoms with van der Waals surface area (Å²) in [5, 5.41) is 3.88. The van der Waals surface area contributed by atoms with Crippen LogP contribution in [0.1, 0.15) is 13.8 Å². The molecule has 184 valence electrons. The fourth-order valence-electron chi connectivity index (χ4n) is 3.25. The number of rotatable bonds is 9. The van der Waals surface area contributed by atoms with E-state index in [-0.39, 0.29) is 23.9 Å². The summed E-state index contributed by atoms with van der Waals surface area (Å²) in [6, 6.07) is 11.7. The highest BCUT2D eigenvalue weighted by molar-refractivity contribution is 5.82. The molecular weight excluding hydrogens is 442 g/mol. The van der Waals surface area contributed by atoms with Crippen molar-refractivity contribution in [3.05, 3.63) is 64.5 Å². The van der Waals surface area contributed by atoms with Gasteiger partial charge >= 0.3 is 0 Å². The fourth-order valence-corrected chi connectivity index (χ4v) is 3.25. The minimum atomic E-state index is -0.673. The van der Waals surface area contributed by atoms with Crippen molar-refractivity contribution in [3.63, 3.8) is 0 Å². The van der Waals surface area contributed by atoms with Gasteiger partial charge in [-0.25, -0.2) is 8.78 Å². The zero-order valence-electron chi connectivity index (χ0n) is 20.2. The van der Waals surface area contributed by atoms with Crippen molar-refractivity contribution in [2.45, 2.75) is 19.9 Å². The summed E-state index contributed by atoms with van der Waals surface area (Å²) in [5.41, 5.74) is 2.07. The monoisotopic (exact) mass is 474 g/mol. The number of methoxy groups -OCH3 is 1. The van der Waals surface area contributed by atoms with Crippen LogP contribution in [-0.4, -0.2) is 63.1 Å². The number of anilines is 2. The van der Waals surface area contributed by atoms with Crippen LogP contribution in [0.25, 0.3) is 10.9 Å². The molecule has 0 amide bonds. The second kappa shape index (κ2) is 12.7. The molecule has 7 nitrogen and oxygen atoms in total. The van der Waals surface area contributed by atoms with E-state index < -0.39 is 11.6 Å². The molecule has 0 spiro atoms. The summed E-state index contributed by atoms with van der Waals surface area (Å²) in [7, 11) is 5.22. The maximum atomic E-state index is 13.7. The lowest BCUT2D eigenvalue weighted by Gasteiger charge is -2.30. The lowest BCUT2D eigenvalue weighted by Crippen LogP contribution is -2.38. The van der Waals surface area contributed by atoms with Crippen LogP contribution in [0.4, 0.5) is 20.2 Å². The van der Waals surface area contributed by atoms with Crippen LogP contribution in [0, 0.1) is 11.6 Å². The second-order valence-corrected chi connectivity index (χ2v) is 7.97. The van der Waals surface area contributed by atoms with E-state index in [2.05, 4.69) is 26.9 Å². The van der Waals surface area contributed by atoms with Crippen molar-refractivity contribution >= 4 is 28.6 Å². The SMILES string of the molecule is CCN(CC(C)N(C)C)c1cc(F)c(OC)c(F)c1.O=CCNc1ccc2[nH]c(=O)ccc2c1. The number of ether oxygens (including phenoxy) is 1. The Morgan fingerprint density at radius 3 is 2.35 bits per heavy atom. The number of aldehydes is 1. The van der Waals surface area contributed by atoms with Crippen LogP contribution in [0.2, 0.25) is 0 Å². The van der Waals surface area contributed by atoms with E-state index in [0.29, 0.717) is 18.8 Å². The van der Waals surface area contributed by atoms with Gasteiger partial charge in [0.05, 0.1) is 13.7 Å². The number of carbonyl (C=O) groups is 1. The van der Waals surface area contributed by atoms with Gasteiger partial charge in [-0.1, -0.05) is 0 Å². The Balaban J connectivity index is 0.000000246. The highest BCUT2D eigenvalue weighted by Crippen LogP contribution is 2.27. The number of nitrogens with one attached hydrogen (secondary N) is 2. The van der Waals surface area contributed by atoms with Gasteiger partial charge in [-0.05, 0) is 52.2 Å². The van der Waals surface area contributed by atoms with E-state index >= 15 is 0 Å². The number of benzene rings is 2. The van der Waals surface area contributed by atoms with Crippen LogP contribution in [-0.2, 0) is 4.79 Å². The number of hydrogen-bond acceptors (Lipinski definition) is 6. The number of likely N-dealkylation sites (N-methyl/N-ethyl adjacent to an activating group) is 2. The summed E-state index contributed by atoms with van der Waals surface area (Å²) in [6.07, 6.45) is 0.803. The average Bonchev–Trinajstić information content (AvgIpc) is 2.81. The van der Waals surface area contributed by atoms with Gasteiger partial charge in [0.2, 0.25) is 5.56 Å². The predicted molar refractivity (Wildman–Crippen MR) is 133 cm³/mol. The van der Waals surface area contributed by atoms with Gasteiger partial charge in [0.25, 0.3) is 0 Å². The van der Waals surface area contributed by atoms with Gasteiger partial charge in [0.1, 0.15) is 6.29 Å². The first-order valence-corrected chi connectivity index (χ1v) is 10.9. The van der Waals surface area contributed by atoms with Gasteiger partial charge in [-0.2, -0.15) is 0 Å². The normalized spacial score (nSPS) is 11.5. The Labute approximate surface area is 198 Å². The highest BCUT2D eigenvalue weighted by atomic mass is 19.1. The van der Waals surface area contributed by atoms with Crippen LogP contribution < -0.4 is 20.5 Å². The Kier molecular flexibility index (Phi) is 10.0. The molecule has 34 heavy (non-hydrogen) atoms. The van der Waals surface area contributed by atoms with Crippen molar-refractivity contribution in [2.24, 2.45) is 0 Å². The van der Waals surface area contributed by atoms with Crippen LogP contribution in [0.15, 0.2) is 47.3 Å². The third-order valence-corrected chi connectivity index (χ3v) is 5.41. The molecule has 0 radical (unpaired) electrons. The number of aromatic nitrogens is 1. The Bertz CT molecular complexity index is 1130. The molecule has 0 aliphatic rings. The molecule has 1 aromatic heterocycles. The zero-order valence-corrected chi connectivity index (χ0v) is 20.2. The average molecular weight is 475 g/mol. The lowest BCUT2D eigenvalue weighted by molar-refractivity contribution is -0.106. The van der Waals surface area contributed by atoms with Crippen LogP contribution in [0.3, 0.4) is 0 Å². The first-order chi connectivity index (χ1) is 16.2. The molecule has 0 aliphatic heterocycles. The number of hydrogen-bond donors (Lipinski definition) is 2. The molecule has 9 heteroatoms. The highest BCUT2D eigenvalue weighted by Gasteiger charge is 2.17. The van der Waals surface area contributed by atoms with Crippen LogP contribution >= 0.6 is 0 Å². The van der Waals surface area contributed by atoms with E-state index in [1.807, 2.05) is 44.1 Å². The number of fused-ring (bicyclic) bond motifs is 1. The number of carbonyl (C=O) groups excluding carboxylic acids is 1. The number of nitrogens with zero attached hydrogens (tertiary/aromatic N) is 2. The van der Waals surface area contributed by atoms with Gasteiger partial charge in [0.15, 0.2) is 17.4 Å². The lowest BCUT2D eigenvalue weighted by atomic mass is 10.2. The van der Waals surface area contributed by atoms with Crippen molar-refractivity contribution < 1.29 is 18.3 Å². The molecule has 0 saturated heterocycles. The molecule has 1 unspecified atom stereocenters. The number of halogens is 2. The Morgan fingerprint density at radius 1 is 1.12 bits per heavy atom. The molecule has 2 N–H and O–H groups in total. The molecule has 0 aliphatic carbocycles. The number of H-pyrrole nitrogens is 1. The molecule has 1 heterocycles. The minimum Gasteiger partial charge on any atom is -0.491 e. The summed E-state index contributed by atoms with van der Waals surface area (Å²) in [4.78, 5) is 27.9. The maximum absolute atomic E-state index is 13.7. The van der Waals surface area contributed by atoms with E-state index in [1.54, 1.807) is 6.07 Å². The van der Waals surface area contributed by atoms with E-state index in [0.717, 1.165) is 22.9 Å². The standard InChI is InChI=1S/C14H22F2N2O.C11H10N2O2/c1-6-18(9-10(2)17(3)4)11-7-12(15)14(19-5)13(16)8-11;14-6-5-12-9-2-3-10-8(7-9)1-4-11(15)13-10/h7-8,10H,6,9H2,1-5H3;1-4,6-7,12H,5H2,(H,13,15). The van der Waals surface area contributed by atoms with Gasteiger partial charge in [-0.3, -0.25) is 4.79 Å². The number of aromatic amines is 1. The van der Waals surface area contributed by atoms with Gasteiger partial charge < -0.3 is 29.6 Å².